The zero-order chi connectivity index (χ0) is 18.7. The highest BCUT2D eigenvalue weighted by atomic mass is 35.5. The van der Waals surface area contributed by atoms with Crippen LogP contribution in [0.3, 0.4) is 0 Å². The molecule has 0 bridgehead atoms. The Bertz CT molecular complexity index is 935. The molecule has 26 heavy (non-hydrogen) atoms. The number of hydrogen-bond acceptors (Lipinski definition) is 4. The summed E-state index contributed by atoms with van der Waals surface area (Å²) in [7, 11) is 1.67. The standard InChI is InChI=1S/C20H18ClNO4/c1-13(19(23)22(2)12-14-6-4-3-5-7-14)25-20(24)18-11-15-10-16(21)8-9-17(15)26-18/h3-11,13H,12H2,1-2H3/t13-/m0/s1. The summed E-state index contributed by atoms with van der Waals surface area (Å²) in [5, 5.41) is 1.24. The summed E-state index contributed by atoms with van der Waals surface area (Å²) in [6.45, 7) is 1.98. The van der Waals surface area contributed by atoms with Gasteiger partial charge in [-0.1, -0.05) is 41.9 Å². The van der Waals surface area contributed by atoms with Gasteiger partial charge in [-0.25, -0.2) is 4.79 Å². The van der Waals surface area contributed by atoms with Crippen molar-refractivity contribution in [3.05, 3.63) is 70.9 Å². The molecule has 0 saturated heterocycles. The van der Waals surface area contributed by atoms with E-state index >= 15 is 0 Å². The molecule has 0 aliphatic heterocycles. The zero-order valence-corrected chi connectivity index (χ0v) is 15.2. The number of amides is 1. The van der Waals surface area contributed by atoms with Gasteiger partial charge in [0, 0.05) is 24.0 Å². The minimum absolute atomic E-state index is 0.0348. The van der Waals surface area contributed by atoms with Crippen molar-refractivity contribution < 1.29 is 18.7 Å². The topological polar surface area (TPSA) is 59.8 Å². The number of benzene rings is 2. The van der Waals surface area contributed by atoms with Crippen molar-refractivity contribution in [1.82, 2.24) is 4.90 Å². The smallest absolute Gasteiger partial charge is 0.375 e. The van der Waals surface area contributed by atoms with Gasteiger partial charge >= 0.3 is 5.97 Å². The number of carbonyl (C=O) groups is 2. The third-order valence-electron chi connectivity index (χ3n) is 3.95. The van der Waals surface area contributed by atoms with Gasteiger partial charge in [0.25, 0.3) is 5.91 Å². The van der Waals surface area contributed by atoms with E-state index in [0.29, 0.717) is 22.5 Å². The minimum atomic E-state index is -0.923. The summed E-state index contributed by atoms with van der Waals surface area (Å²) >= 11 is 5.93. The number of carbonyl (C=O) groups excluding carboxylic acids is 2. The lowest BCUT2D eigenvalue weighted by molar-refractivity contribution is -0.139. The molecule has 0 saturated carbocycles. The molecule has 0 fully saturated rings. The van der Waals surface area contributed by atoms with E-state index in [-0.39, 0.29) is 11.7 Å². The van der Waals surface area contributed by atoms with Crippen molar-refractivity contribution >= 4 is 34.4 Å². The number of halogens is 1. The largest absolute Gasteiger partial charge is 0.449 e. The van der Waals surface area contributed by atoms with Gasteiger partial charge in [0.15, 0.2) is 6.10 Å². The van der Waals surface area contributed by atoms with Crippen LogP contribution in [0, 0.1) is 0 Å². The molecular weight excluding hydrogens is 354 g/mol. The molecule has 1 aromatic heterocycles. The highest BCUT2D eigenvalue weighted by molar-refractivity contribution is 6.31. The second-order valence-electron chi connectivity index (χ2n) is 6.02. The Kier molecular flexibility index (Phi) is 5.28. The monoisotopic (exact) mass is 371 g/mol. The Balaban J connectivity index is 1.64. The molecule has 2 aromatic carbocycles. The summed E-state index contributed by atoms with van der Waals surface area (Å²) in [5.41, 5.74) is 1.53. The fourth-order valence-electron chi connectivity index (χ4n) is 2.63. The highest BCUT2D eigenvalue weighted by Crippen LogP contribution is 2.23. The lowest BCUT2D eigenvalue weighted by Crippen LogP contribution is -2.37. The van der Waals surface area contributed by atoms with Crippen molar-refractivity contribution in [2.45, 2.75) is 19.6 Å². The molecular formula is C20H18ClNO4. The number of fused-ring (bicyclic) bond motifs is 1. The van der Waals surface area contributed by atoms with Crippen LogP contribution in [0.2, 0.25) is 5.02 Å². The van der Waals surface area contributed by atoms with Gasteiger partial charge in [-0.05, 0) is 36.8 Å². The Hall–Kier alpha value is -2.79. The summed E-state index contributed by atoms with van der Waals surface area (Å²) in [5.74, 6) is -0.944. The molecule has 0 spiro atoms. The van der Waals surface area contributed by atoms with E-state index < -0.39 is 12.1 Å². The van der Waals surface area contributed by atoms with Crippen LogP contribution < -0.4 is 0 Å². The average molecular weight is 372 g/mol. The first-order valence-electron chi connectivity index (χ1n) is 8.13. The van der Waals surface area contributed by atoms with Crippen LogP contribution in [-0.2, 0) is 16.1 Å². The number of rotatable bonds is 5. The van der Waals surface area contributed by atoms with Crippen molar-refractivity contribution in [3.8, 4) is 0 Å². The van der Waals surface area contributed by atoms with Crippen molar-refractivity contribution in [2.75, 3.05) is 7.05 Å². The van der Waals surface area contributed by atoms with Crippen LogP contribution in [-0.4, -0.2) is 29.9 Å². The molecule has 3 rings (SSSR count). The van der Waals surface area contributed by atoms with Gasteiger partial charge in [-0.3, -0.25) is 4.79 Å². The predicted octanol–water partition coefficient (Wildman–Crippen LogP) is 4.29. The molecule has 0 aliphatic carbocycles. The second-order valence-corrected chi connectivity index (χ2v) is 6.46. The van der Waals surface area contributed by atoms with Crippen molar-refractivity contribution in [1.29, 1.82) is 0 Å². The number of ether oxygens (including phenoxy) is 1. The maximum Gasteiger partial charge on any atom is 0.375 e. The fourth-order valence-corrected chi connectivity index (χ4v) is 2.81. The Labute approximate surface area is 156 Å². The predicted molar refractivity (Wildman–Crippen MR) is 99.0 cm³/mol. The minimum Gasteiger partial charge on any atom is -0.449 e. The number of hydrogen-bond donors (Lipinski definition) is 0. The molecule has 1 atom stereocenters. The van der Waals surface area contributed by atoms with E-state index in [2.05, 4.69) is 0 Å². The van der Waals surface area contributed by atoms with E-state index in [1.54, 1.807) is 38.2 Å². The molecule has 3 aromatic rings. The van der Waals surface area contributed by atoms with E-state index in [0.717, 1.165) is 5.56 Å². The van der Waals surface area contributed by atoms with Crippen molar-refractivity contribution in [2.24, 2.45) is 0 Å². The van der Waals surface area contributed by atoms with Gasteiger partial charge in [-0.15, -0.1) is 0 Å². The van der Waals surface area contributed by atoms with Gasteiger partial charge in [0.2, 0.25) is 5.76 Å². The van der Waals surface area contributed by atoms with E-state index in [1.807, 2.05) is 30.3 Å². The van der Waals surface area contributed by atoms with Crippen LogP contribution >= 0.6 is 11.6 Å². The van der Waals surface area contributed by atoms with Crippen molar-refractivity contribution in [3.63, 3.8) is 0 Å². The number of furan rings is 1. The Morgan fingerprint density at radius 1 is 1.15 bits per heavy atom. The molecule has 0 radical (unpaired) electrons. The molecule has 0 aliphatic rings. The van der Waals surface area contributed by atoms with Gasteiger partial charge in [-0.2, -0.15) is 0 Å². The van der Waals surface area contributed by atoms with Crippen LogP contribution in [0.4, 0.5) is 0 Å². The second kappa shape index (κ2) is 7.62. The summed E-state index contributed by atoms with van der Waals surface area (Å²) in [6.07, 6.45) is -0.923. The average Bonchev–Trinajstić information content (AvgIpc) is 3.05. The summed E-state index contributed by atoms with van der Waals surface area (Å²) in [6, 6.07) is 16.2. The third-order valence-corrected chi connectivity index (χ3v) is 4.19. The third kappa shape index (κ3) is 4.06. The molecule has 134 valence electrons. The van der Waals surface area contributed by atoms with E-state index in [1.165, 1.54) is 4.90 Å². The molecule has 1 amide bonds. The quantitative estimate of drug-likeness (QED) is 0.628. The maximum atomic E-state index is 12.4. The van der Waals surface area contributed by atoms with Gasteiger partial charge < -0.3 is 14.1 Å². The molecule has 1 heterocycles. The number of likely N-dealkylation sites (N-methyl/N-ethyl adjacent to an activating group) is 1. The van der Waals surface area contributed by atoms with Gasteiger partial charge in [0.05, 0.1) is 0 Å². The normalized spacial score (nSPS) is 12.0. The Morgan fingerprint density at radius 3 is 2.62 bits per heavy atom. The first-order chi connectivity index (χ1) is 12.4. The molecule has 0 unspecified atom stereocenters. The zero-order valence-electron chi connectivity index (χ0n) is 14.4. The fraction of sp³-hybridized carbons (Fsp3) is 0.200. The van der Waals surface area contributed by atoms with E-state index in [9.17, 15) is 9.59 Å². The number of nitrogens with zero attached hydrogens (tertiary/aromatic N) is 1. The van der Waals surface area contributed by atoms with Crippen LogP contribution in [0.1, 0.15) is 23.0 Å². The molecule has 5 nitrogen and oxygen atoms in total. The van der Waals surface area contributed by atoms with Crippen LogP contribution in [0.5, 0.6) is 0 Å². The Morgan fingerprint density at radius 2 is 1.88 bits per heavy atom. The first kappa shape index (κ1) is 18.0. The maximum absolute atomic E-state index is 12.4. The highest BCUT2D eigenvalue weighted by Gasteiger charge is 2.24. The van der Waals surface area contributed by atoms with E-state index in [4.69, 9.17) is 20.8 Å². The molecule has 0 N–H and O–H groups in total. The molecule has 6 heteroatoms. The summed E-state index contributed by atoms with van der Waals surface area (Å²) in [4.78, 5) is 26.2. The lowest BCUT2D eigenvalue weighted by Gasteiger charge is -2.21. The lowest BCUT2D eigenvalue weighted by atomic mass is 10.2. The first-order valence-corrected chi connectivity index (χ1v) is 8.51. The van der Waals surface area contributed by atoms with Crippen LogP contribution in [0.25, 0.3) is 11.0 Å². The SMILES string of the molecule is C[C@H](OC(=O)c1cc2cc(Cl)ccc2o1)C(=O)N(C)Cc1ccccc1. The van der Waals surface area contributed by atoms with Crippen LogP contribution in [0.15, 0.2) is 59.0 Å². The summed E-state index contributed by atoms with van der Waals surface area (Å²) < 4.78 is 10.7. The number of esters is 1. The van der Waals surface area contributed by atoms with Gasteiger partial charge in [0.1, 0.15) is 5.58 Å².